The standard InChI is InChI=1S/C23H19Cl3F3N5O3/c1-12(35)21-30-18(31-34(21)16-8-6-15(25)7-9-16)11-33-20(26)19(13-2-4-14(24)5-3-13)32(22(33)37)10-17(36)23(27,28)29/h2-9,12,17,35-36H,10-11H2,1H3/t12-,17-/m0/s1. The summed E-state index contributed by atoms with van der Waals surface area (Å²) in [6.45, 7) is 0.0687. The molecule has 2 aromatic heterocycles. The molecule has 0 amide bonds. The van der Waals surface area contributed by atoms with E-state index >= 15 is 0 Å². The van der Waals surface area contributed by atoms with Crippen molar-refractivity contribution in [3.05, 3.63) is 85.9 Å². The number of halogens is 6. The zero-order valence-corrected chi connectivity index (χ0v) is 21.3. The van der Waals surface area contributed by atoms with Gasteiger partial charge in [0.2, 0.25) is 0 Å². The molecule has 0 unspecified atom stereocenters. The van der Waals surface area contributed by atoms with E-state index in [9.17, 15) is 28.2 Å². The number of imidazole rings is 1. The monoisotopic (exact) mass is 575 g/mol. The minimum atomic E-state index is -4.96. The topological polar surface area (TPSA) is 98.1 Å². The summed E-state index contributed by atoms with van der Waals surface area (Å²) in [4.78, 5) is 17.6. The third kappa shape index (κ3) is 5.70. The molecular formula is C23H19Cl3F3N5O3. The Kier molecular flexibility index (Phi) is 7.72. The third-order valence-corrected chi connectivity index (χ3v) is 6.32. The first kappa shape index (κ1) is 27.2. The first-order valence-electron chi connectivity index (χ1n) is 10.8. The van der Waals surface area contributed by atoms with Crippen molar-refractivity contribution < 1.29 is 23.4 Å². The Morgan fingerprint density at radius 3 is 2.05 bits per heavy atom. The molecule has 4 aromatic rings. The molecule has 2 heterocycles. The lowest BCUT2D eigenvalue weighted by Crippen LogP contribution is -2.37. The average molecular weight is 577 g/mol. The van der Waals surface area contributed by atoms with Gasteiger partial charge in [0.1, 0.15) is 11.3 Å². The van der Waals surface area contributed by atoms with Gasteiger partial charge >= 0.3 is 11.9 Å². The van der Waals surface area contributed by atoms with Crippen LogP contribution in [-0.2, 0) is 13.1 Å². The number of aliphatic hydroxyl groups is 2. The number of aromatic nitrogens is 5. The summed E-state index contributed by atoms with van der Waals surface area (Å²) < 4.78 is 42.5. The maximum absolute atomic E-state index is 13.3. The Bertz CT molecular complexity index is 1460. The van der Waals surface area contributed by atoms with Gasteiger partial charge in [-0.2, -0.15) is 13.2 Å². The highest BCUT2D eigenvalue weighted by atomic mass is 35.5. The van der Waals surface area contributed by atoms with Gasteiger partial charge in [-0.1, -0.05) is 46.9 Å². The van der Waals surface area contributed by atoms with E-state index in [1.807, 2.05) is 0 Å². The number of nitrogens with zero attached hydrogens (tertiary/aromatic N) is 5. The SMILES string of the molecule is C[C@H](O)c1nc(Cn2c(Cl)c(-c3ccc(Cl)cc3)n(C[C@H](O)C(F)(F)F)c2=O)nn1-c1ccc(Cl)cc1. The predicted octanol–water partition coefficient (Wildman–Crippen LogP) is 4.88. The highest BCUT2D eigenvalue weighted by molar-refractivity contribution is 6.32. The fourth-order valence-corrected chi connectivity index (χ4v) is 4.24. The van der Waals surface area contributed by atoms with E-state index < -0.39 is 30.6 Å². The molecule has 0 aliphatic rings. The Balaban J connectivity index is 1.81. The number of hydrogen-bond donors (Lipinski definition) is 2. The predicted molar refractivity (Wildman–Crippen MR) is 132 cm³/mol. The van der Waals surface area contributed by atoms with Crippen molar-refractivity contribution in [1.82, 2.24) is 23.9 Å². The summed E-state index contributed by atoms with van der Waals surface area (Å²) in [5.74, 6) is 0.220. The van der Waals surface area contributed by atoms with Crippen LogP contribution in [0.25, 0.3) is 16.9 Å². The molecule has 0 aliphatic carbocycles. The van der Waals surface area contributed by atoms with Gasteiger partial charge < -0.3 is 10.2 Å². The van der Waals surface area contributed by atoms with Gasteiger partial charge in [-0.3, -0.25) is 9.13 Å². The van der Waals surface area contributed by atoms with Crippen LogP contribution < -0.4 is 5.69 Å². The summed E-state index contributed by atoms with van der Waals surface area (Å²) in [6.07, 6.45) is -8.82. The molecule has 196 valence electrons. The van der Waals surface area contributed by atoms with Gasteiger partial charge in [0.15, 0.2) is 17.8 Å². The molecule has 2 atom stereocenters. The van der Waals surface area contributed by atoms with Gasteiger partial charge in [-0.05, 0) is 43.3 Å². The van der Waals surface area contributed by atoms with Crippen molar-refractivity contribution in [1.29, 1.82) is 0 Å². The number of aliphatic hydroxyl groups excluding tert-OH is 2. The van der Waals surface area contributed by atoms with Crippen LogP contribution in [0.5, 0.6) is 0 Å². The second kappa shape index (κ2) is 10.5. The maximum atomic E-state index is 13.3. The second-order valence-electron chi connectivity index (χ2n) is 8.13. The molecule has 0 spiro atoms. The van der Waals surface area contributed by atoms with Crippen LogP contribution in [0.2, 0.25) is 15.2 Å². The van der Waals surface area contributed by atoms with Gasteiger partial charge in [0.05, 0.1) is 24.5 Å². The maximum Gasteiger partial charge on any atom is 0.416 e. The molecule has 0 saturated carbocycles. The molecule has 0 aliphatic heterocycles. The zero-order valence-electron chi connectivity index (χ0n) is 19.0. The van der Waals surface area contributed by atoms with Crippen molar-refractivity contribution in [2.24, 2.45) is 0 Å². The number of alkyl halides is 3. The fraction of sp³-hybridized carbons (Fsp3) is 0.261. The van der Waals surface area contributed by atoms with Crippen LogP contribution in [0, 0.1) is 0 Å². The van der Waals surface area contributed by atoms with Crippen molar-refractivity contribution in [2.45, 2.75) is 38.4 Å². The molecule has 2 N–H and O–H groups in total. The lowest BCUT2D eigenvalue weighted by Gasteiger charge is -2.16. The molecule has 14 heteroatoms. The Labute approximate surface area is 223 Å². The van der Waals surface area contributed by atoms with Crippen LogP contribution in [0.1, 0.15) is 24.7 Å². The highest BCUT2D eigenvalue weighted by Gasteiger charge is 2.39. The first-order chi connectivity index (χ1) is 17.4. The van der Waals surface area contributed by atoms with Crippen LogP contribution in [0.15, 0.2) is 53.3 Å². The molecular weight excluding hydrogens is 558 g/mol. The summed E-state index contributed by atoms with van der Waals surface area (Å²) in [5.41, 5.74) is -0.117. The molecule has 0 bridgehead atoms. The number of rotatable bonds is 7. The molecule has 4 rings (SSSR count). The van der Waals surface area contributed by atoms with E-state index in [2.05, 4.69) is 10.1 Å². The third-order valence-electron chi connectivity index (χ3n) is 5.44. The largest absolute Gasteiger partial charge is 0.416 e. The normalized spacial score (nSPS) is 13.6. The lowest BCUT2D eigenvalue weighted by molar-refractivity contribution is -0.207. The van der Waals surface area contributed by atoms with Crippen LogP contribution in [0.4, 0.5) is 13.2 Å². The van der Waals surface area contributed by atoms with Crippen molar-refractivity contribution in [3.8, 4) is 16.9 Å². The molecule has 0 fully saturated rings. The Morgan fingerprint density at radius 2 is 1.51 bits per heavy atom. The zero-order chi connectivity index (χ0) is 27.1. The van der Waals surface area contributed by atoms with E-state index in [4.69, 9.17) is 34.8 Å². The Hall–Kier alpha value is -2.83. The van der Waals surface area contributed by atoms with Gasteiger partial charge in [-0.25, -0.2) is 14.5 Å². The van der Waals surface area contributed by atoms with E-state index in [1.165, 1.54) is 35.9 Å². The molecule has 0 radical (unpaired) electrons. The smallest absolute Gasteiger partial charge is 0.385 e. The van der Waals surface area contributed by atoms with Crippen LogP contribution in [0.3, 0.4) is 0 Å². The second-order valence-corrected chi connectivity index (χ2v) is 9.36. The highest BCUT2D eigenvalue weighted by Crippen LogP contribution is 2.31. The van der Waals surface area contributed by atoms with Gasteiger partial charge in [0.25, 0.3) is 0 Å². The summed E-state index contributed by atoms with van der Waals surface area (Å²) >= 11 is 18.4. The fourth-order valence-electron chi connectivity index (χ4n) is 3.65. The minimum Gasteiger partial charge on any atom is -0.385 e. The van der Waals surface area contributed by atoms with E-state index in [1.54, 1.807) is 24.3 Å². The first-order valence-corrected chi connectivity index (χ1v) is 11.9. The van der Waals surface area contributed by atoms with E-state index in [0.717, 1.165) is 9.13 Å². The lowest BCUT2D eigenvalue weighted by atomic mass is 10.1. The molecule has 37 heavy (non-hydrogen) atoms. The number of benzene rings is 2. The van der Waals surface area contributed by atoms with Gasteiger partial charge in [-0.15, -0.1) is 5.10 Å². The summed E-state index contributed by atoms with van der Waals surface area (Å²) in [5, 5.41) is 24.9. The van der Waals surface area contributed by atoms with Crippen molar-refractivity contribution in [3.63, 3.8) is 0 Å². The van der Waals surface area contributed by atoms with Crippen molar-refractivity contribution in [2.75, 3.05) is 0 Å². The Morgan fingerprint density at radius 1 is 0.946 bits per heavy atom. The van der Waals surface area contributed by atoms with E-state index in [0.29, 0.717) is 21.3 Å². The van der Waals surface area contributed by atoms with E-state index in [-0.39, 0.29) is 29.0 Å². The van der Waals surface area contributed by atoms with Crippen LogP contribution in [-0.4, -0.2) is 46.4 Å². The average Bonchev–Trinajstić information content (AvgIpc) is 3.35. The van der Waals surface area contributed by atoms with Gasteiger partial charge in [0, 0.05) is 15.6 Å². The van der Waals surface area contributed by atoms with Crippen LogP contribution >= 0.6 is 34.8 Å². The summed E-state index contributed by atoms with van der Waals surface area (Å²) in [6, 6.07) is 12.5. The molecule has 2 aromatic carbocycles. The quantitative estimate of drug-likeness (QED) is 0.327. The molecule has 0 saturated heterocycles. The molecule has 8 nitrogen and oxygen atoms in total. The summed E-state index contributed by atoms with van der Waals surface area (Å²) in [7, 11) is 0. The minimum absolute atomic E-state index is 0.0421. The number of hydrogen-bond acceptors (Lipinski definition) is 5. The van der Waals surface area contributed by atoms with Crippen molar-refractivity contribution >= 4 is 34.8 Å².